The molecular weight excluding hydrogens is 490 g/mol. The fourth-order valence-corrected chi connectivity index (χ4v) is 5.80. The third kappa shape index (κ3) is 6.91. The zero-order chi connectivity index (χ0) is 26.2. The van der Waals surface area contributed by atoms with Gasteiger partial charge < -0.3 is 5.32 Å². The van der Waals surface area contributed by atoms with E-state index in [0.29, 0.717) is 6.42 Å². The second-order valence-corrected chi connectivity index (χ2v) is 11.0. The molecule has 0 unspecified atom stereocenters. The molecule has 0 radical (unpaired) electrons. The van der Waals surface area contributed by atoms with Crippen LogP contribution in [0, 0.1) is 6.92 Å². The minimum atomic E-state index is 0.150. The lowest BCUT2D eigenvalue weighted by atomic mass is 10.0. The van der Waals surface area contributed by atoms with Gasteiger partial charge in [-0.3, -0.25) is 14.3 Å². The molecule has 1 saturated heterocycles. The minimum Gasteiger partial charge on any atom is -0.353 e. The van der Waals surface area contributed by atoms with E-state index < -0.39 is 0 Å². The molecule has 4 aromatic rings. The van der Waals surface area contributed by atoms with Gasteiger partial charge in [0.15, 0.2) is 11.0 Å². The molecule has 196 valence electrons. The van der Waals surface area contributed by atoms with Gasteiger partial charge in [-0.1, -0.05) is 84.6 Å². The first kappa shape index (κ1) is 26.2. The maximum Gasteiger partial charge on any atom is 0.220 e. The van der Waals surface area contributed by atoms with Crippen LogP contribution in [-0.2, 0) is 11.3 Å². The van der Waals surface area contributed by atoms with Gasteiger partial charge in [0.05, 0.1) is 0 Å². The van der Waals surface area contributed by atoms with Crippen LogP contribution in [0.25, 0.3) is 17.1 Å². The highest BCUT2D eigenvalue weighted by Gasteiger charge is 2.21. The summed E-state index contributed by atoms with van der Waals surface area (Å²) >= 11 is 1.66. The van der Waals surface area contributed by atoms with E-state index in [-0.39, 0.29) is 11.9 Å². The molecule has 1 fully saturated rings. The lowest BCUT2D eigenvalue weighted by molar-refractivity contribution is -0.122. The van der Waals surface area contributed by atoms with Crippen LogP contribution in [0.5, 0.6) is 0 Å². The molecule has 0 atom stereocenters. The standard InChI is InChI=1S/C31H35N5OS/c1-24-10-8-15-28(22-24)36-30(26-13-6-3-7-14-26)33-34-31(36)38-21-9-16-29(37)32-27-17-19-35(20-18-27)23-25-11-4-2-5-12-25/h2-8,10-15,22,27H,9,16-21,23H2,1H3,(H,32,37). The molecule has 1 N–H and O–H groups in total. The number of carbonyl (C=O) groups is 1. The summed E-state index contributed by atoms with van der Waals surface area (Å²) in [5.74, 6) is 1.79. The largest absolute Gasteiger partial charge is 0.353 e. The summed E-state index contributed by atoms with van der Waals surface area (Å²) in [5, 5.41) is 13.2. The van der Waals surface area contributed by atoms with Gasteiger partial charge in [-0.05, 0) is 49.4 Å². The van der Waals surface area contributed by atoms with Crippen LogP contribution in [0.15, 0.2) is 90.1 Å². The summed E-state index contributed by atoms with van der Waals surface area (Å²) in [6, 6.07) is 29.4. The molecule has 7 heteroatoms. The number of benzene rings is 3. The fraction of sp³-hybridized carbons (Fsp3) is 0.323. The van der Waals surface area contributed by atoms with Crippen LogP contribution < -0.4 is 5.32 Å². The van der Waals surface area contributed by atoms with Crippen molar-refractivity contribution in [2.75, 3.05) is 18.8 Å². The summed E-state index contributed by atoms with van der Waals surface area (Å²) < 4.78 is 2.12. The molecular formula is C31H35N5OS. The third-order valence-electron chi connectivity index (χ3n) is 6.91. The zero-order valence-electron chi connectivity index (χ0n) is 21.9. The van der Waals surface area contributed by atoms with E-state index in [0.717, 1.165) is 66.9 Å². The second kappa shape index (κ2) is 12.9. The summed E-state index contributed by atoms with van der Waals surface area (Å²) in [6.07, 6.45) is 3.34. The Morgan fingerprint density at radius 2 is 1.68 bits per heavy atom. The van der Waals surface area contributed by atoms with Crippen molar-refractivity contribution < 1.29 is 4.79 Å². The number of thioether (sulfide) groups is 1. The SMILES string of the molecule is Cc1cccc(-n2c(SCCCC(=O)NC3CCN(Cc4ccccc4)CC3)nnc2-c2ccccc2)c1. The number of hydrogen-bond acceptors (Lipinski definition) is 5. The number of nitrogens with one attached hydrogen (secondary N) is 1. The van der Waals surface area contributed by atoms with Crippen molar-refractivity contribution in [2.45, 2.75) is 50.4 Å². The molecule has 0 saturated carbocycles. The van der Waals surface area contributed by atoms with Crippen molar-refractivity contribution >= 4 is 17.7 Å². The Morgan fingerprint density at radius 1 is 0.947 bits per heavy atom. The highest BCUT2D eigenvalue weighted by Crippen LogP contribution is 2.28. The Kier molecular flexibility index (Phi) is 8.89. The summed E-state index contributed by atoms with van der Waals surface area (Å²) in [6.45, 7) is 5.12. The molecule has 1 aliphatic heterocycles. The average molecular weight is 526 g/mol. The van der Waals surface area contributed by atoms with Crippen molar-refractivity contribution in [3.8, 4) is 17.1 Å². The molecule has 1 amide bonds. The normalized spacial score (nSPS) is 14.4. The Balaban J connectivity index is 1.11. The smallest absolute Gasteiger partial charge is 0.220 e. The highest BCUT2D eigenvalue weighted by atomic mass is 32.2. The van der Waals surface area contributed by atoms with E-state index in [1.807, 2.05) is 18.2 Å². The Morgan fingerprint density at radius 3 is 2.42 bits per heavy atom. The maximum absolute atomic E-state index is 12.6. The van der Waals surface area contributed by atoms with E-state index in [1.54, 1.807) is 11.8 Å². The van der Waals surface area contributed by atoms with Crippen molar-refractivity contribution in [3.63, 3.8) is 0 Å². The zero-order valence-corrected chi connectivity index (χ0v) is 22.7. The Bertz CT molecular complexity index is 1320. The Labute approximate surface area is 229 Å². The number of hydrogen-bond donors (Lipinski definition) is 1. The van der Waals surface area contributed by atoms with Gasteiger partial charge in [0.1, 0.15) is 0 Å². The van der Waals surface area contributed by atoms with Crippen molar-refractivity contribution in [3.05, 3.63) is 96.1 Å². The summed E-state index contributed by atoms with van der Waals surface area (Å²) in [7, 11) is 0. The van der Waals surface area contributed by atoms with Gasteiger partial charge in [-0.25, -0.2) is 0 Å². The molecule has 5 rings (SSSR count). The predicted octanol–water partition coefficient (Wildman–Crippen LogP) is 5.90. The number of nitrogens with zero attached hydrogens (tertiary/aromatic N) is 4. The van der Waals surface area contributed by atoms with E-state index in [9.17, 15) is 4.79 Å². The first-order chi connectivity index (χ1) is 18.7. The number of likely N-dealkylation sites (tertiary alicyclic amines) is 1. The third-order valence-corrected chi connectivity index (χ3v) is 7.92. The van der Waals surface area contributed by atoms with Crippen molar-refractivity contribution in [1.82, 2.24) is 25.0 Å². The minimum absolute atomic E-state index is 0.150. The van der Waals surface area contributed by atoms with E-state index in [4.69, 9.17) is 0 Å². The van der Waals surface area contributed by atoms with Crippen molar-refractivity contribution in [2.24, 2.45) is 0 Å². The molecule has 0 aliphatic carbocycles. The monoisotopic (exact) mass is 525 g/mol. The summed E-state index contributed by atoms with van der Waals surface area (Å²) in [4.78, 5) is 15.1. The average Bonchev–Trinajstić information content (AvgIpc) is 3.37. The van der Waals surface area contributed by atoms with Crippen LogP contribution in [0.2, 0.25) is 0 Å². The number of rotatable bonds is 10. The first-order valence-corrected chi connectivity index (χ1v) is 14.4. The predicted molar refractivity (Wildman–Crippen MR) is 154 cm³/mol. The molecule has 6 nitrogen and oxygen atoms in total. The molecule has 0 spiro atoms. The lowest BCUT2D eigenvalue weighted by Gasteiger charge is -2.32. The quantitative estimate of drug-likeness (QED) is 0.206. The Hall–Kier alpha value is -3.42. The van der Waals surface area contributed by atoms with Crippen LogP contribution in [0.4, 0.5) is 0 Å². The van der Waals surface area contributed by atoms with Gasteiger partial charge >= 0.3 is 0 Å². The number of carbonyl (C=O) groups excluding carboxylic acids is 1. The number of amides is 1. The molecule has 1 aliphatic rings. The molecule has 38 heavy (non-hydrogen) atoms. The van der Waals surface area contributed by atoms with E-state index >= 15 is 0 Å². The molecule has 0 bridgehead atoms. The van der Waals surface area contributed by atoms with Gasteiger partial charge in [-0.15, -0.1) is 10.2 Å². The van der Waals surface area contributed by atoms with Crippen LogP contribution in [0.1, 0.15) is 36.8 Å². The van der Waals surface area contributed by atoms with Crippen LogP contribution >= 0.6 is 11.8 Å². The fourth-order valence-electron chi connectivity index (χ4n) is 4.91. The highest BCUT2D eigenvalue weighted by molar-refractivity contribution is 7.99. The van der Waals surface area contributed by atoms with Crippen LogP contribution in [0.3, 0.4) is 0 Å². The lowest BCUT2D eigenvalue weighted by Crippen LogP contribution is -2.44. The van der Waals surface area contributed by atoms with Crippen molar-refractivity contribution in [1.29, 1.82) is 0 Å². The molecule has 3 aromatic carbocycles. The topological polar surface area (TPSA) is 63.1 Å². The first-order valence-electron chi connectivity index (χ1n) is 13.4. The van der Waals surface area contributed by atoms with E-state index in [1.165, 1.54) is 11.1 Å². The van der Waals surface area contributed by atoms with Gasteiger partial charge in [0, 0.05) is 49.1 Å². The second-order valence-electron chi connectivity index (χ2n) is 9.90. The molecule has 1 aromatic heterocycles. The number of aryl methyl sites for hydroxylation is 1. The molecule has 2 heterocycles. The van der Waals surface area contributed by atoms with Gasteiger partial charge in [0.25, 0.3) is 0 Å². The number of piperidine rings is 1. The van der Waals surface area contributed by atoms with E-state index in [2.05, 4.69) is 98.6 Å². The maximum atomic E-state index is 12.6. The van der Waals surface area contributed by atoms with Crippen LogP contribution in [-0.4, -0.2) is 50.5 Å². The van der Waals surface area contributed by atoms with Gasteiger partial charge in [0.2, 0.25) is 5.91 Å². The summed E-state index contributed by atoms with van der Waals surface area (Å²) in [5.41, 5.74) is 4.62. The number of aromatic nitrogens is 3. The van der Waals surface area contributed by atoms with Gasteiger partial charge in [-0.2, -0.15) is 0 Å².